The maximum Gasteiger partial charge on any atom is 0.332 e. The third kappa shape index (κ3) is 3.82. The molecule has 27 heavy (non-hydrogen) atoms. The van der Waals surface area contributed by atoms with Crippen LogP contribution in [0.3, 0.4) is 0 Å². The van der Waals surface area contributed by atoms with Crippen LogP contribution in [0.25, 0.3) is 22.6 Å². The van der Waals surface area contributed by atoms with Crippen LogP contribution < -0.4 is 10.0 Å². The Kier molecular flexibility index (Phi) is 4.58. The van der Waals surface area contributed by atoms with Crippen LogP contribution in [0.1, 0.15) is 10.6 Å². The number of amides is 3. The molecule has 9 heteroatoms. The second-order valence-electron chi connectivity index (χ2n) is 5.35. The predicted octanol–water partition coefficient (Wildman–Crippen LogP) is 3.63. The molecule has 3 heterocycles. The van der Waals surface area contributed by atoms with Gasteiger partial charge >= 0.3 is 6.03 Å². The van der Waals surface area contributed by atoms with Crippen molar-refractivity contribution in [2.75, 3.05) is 0 Å². The number of oxazole rings is 1. The fraction of sp³-hybridized carbons (Fsp3) is 0. The molecule has 4 rings (SSSR count). The van der Waals surface area contributed by atoms with E-state index in [0.29, 0.717) is 17.0 Å². The van der Waals surface area contributed by atoms with E-state index in [2.05, 4.69) is 20.0 Å². The van der Waals surface area contributed by atoms with Crippen LogP contribution in [0.5, 0.6) is 0 Å². The molecule has 0 radical (unpaired) electrons. The van der Waals surface area contributed by atoms with Crippen LogP contribution in [-0.4, -0.2) is 21.9 Å². The van der Waals surface area contributed by atoms with Crippen molar-refractivity contribution in [3.05, 3.63) is 66.9 Å². The summed E-state index contributed by atoms with van der Waals surface area (Å²) in [7, 11) is 0. The number of urea groups is 1. The van der Waals surface area contributed by atoms with Gasteiger partial charge in [-0.3, -0.25) is 19.8 Å². The molecule has 0 saturated carbocycles. The van der Waals surface area contributed by atoms with Gasteiger partial charge in [0.25, 0.3) is 5.91 Å². The molecule has 0 aliphatic heterocycles. The highest BCUT2D eigenvalue weighted by Gasteiger charge is 2.13. The van der Waals surface area contributed by atoms with Crippen molar-refractivity contribution in [2.45, 2.75) is 4.90 Å². The van der Waals surface area contributed by atoms with Gasteiger partial charge in [-0.25, -0.2) is 9.78 Å². The Bertz CT molecular complexity index is 1090. The number of furan rings is 1. The first-order chi connectivity index (χ1) is 13.2. The lowest BCUT2D eigenvalue weighted by Crippen LogP contribution is -2.36. The first-order valence-electron chi connectivity index (χ1n) is 7.82. The average molecular weight is 380 g/mol. The number of nitrogens with zero attached hydrogens (tertiary/aromatic N) is 2. The van der Waals surface area contributed by atoms with E-state index in [1.54, 1.807) is 36.7 Å². The van der Waals surface area contributed by atoms with Gasteiger partial charge in [0.1, 0.15) is 5.52 Å². The molecule has 134 valence electrons. The highest BCUT2D eigenvalue weighted by molar-refractivity contribution is 7.98. The molecule has 0 aliphatic carbocycles. The molecule has 4 aromatic rings. The van der Waals surface area contributed by atoms with Crippen LogP contribution in [0, 0.1) is 0 Å². The molecule has 0 bridgehead atoms. The maximum absolute atomic E-state index is 11.8. The molecule has 3 aromatic heterocycles. The standard InChI is InChI=1S/C18H12N4O4S/c23-16(15-2-1-9-25-15)21-18(24)22-27-12-3-4-14-13(10-12)20-17(26-14)11-5-7-19-8-6-11/h1-10H,(H2,21,22,23,24). The summed E-state index contributed by atoms with van der Waals surface area (Å²) in [6.07, 6.45) is 4.69. The monoisotopic (exact) mass is 380 g/mol. The molecule has 0 saturated heterocycles. The van der Waals surface area contributed by atoms with Crippen molar-refractivity contribution < 1.29 is 18.4 Å². The first-order valence-corrected chi connectivity index (χ1v) is 8.63. The van der Waals surface area contributed by atoms with Crippen LogP contribution in [-0.2, 0) is 0 Å². The first kappa shape index (κ1) is 16.9. The molecule has 2 N–H and O–H groups in total. The number of hydrogen-bond acceptors (Lipinski definition) is 7. The molecule has 0 spiro atoms. The molecular weight excluding hydrogens is 368 g/mol. The average Bonchev–Trinajstić information content (AvgIpc) is 3.36. The number of carbonyl (C=O) groups excluding carboxylic acids is 2. The number of imide groups is 1. The van der Waals surface area contributed by atoms with Crippen molar-refractivity contribution in [2.24, 2.45) is 0 Å². The fourth-order valence-corrected chi connectivity index (χ4v) is 2.86. The number of pyridine rings is 1. The zero-order valence-electron chi connectivity index (χ0n) is 13.7. The van der Waals surface area contributed by atoms with Gasteiger partial charge in [0.15, 0.2) is 11.3 Å². The summed E-state index contributed by atoms with van der Waals surface area (Å²) in [6.45, 7) is 0. The largest absolute Gasteiger partial charge is 0.459 e. The van der Waals surface area contributed by atoms with E-state index < -0.39 is 11.9 Å². The summed E-state index contributed by atoms with van der Waals surface area (Å²) in [6, 6.07) is 11.3. The number of hydrogen-bond donors (Lipinski definition) is 2. The Morgan fingerprint density at radius 1 is 1.07 bits per heavy atom. The van der Waals surface area contributed by atoms with E-state index in [4.69, 9.17) is 8.83 Å². The number of rotatable bonds is 4. The zero-order valence-corrected chi connectivity index (χ0v) is 14.5. The van der Waals surface area contributed by atoms with Crippen molar-refractivity contribution >= 4 is 35.0 Å². The van der Waals surface area contributed by atoms with Crippen LogP contribution in [0.15, 0.2) is 74.9 Å². The third-order valence-corrected chi connectivity index (χ3v) is 4.30. The van der Waals surface area contributed by atoms with Crippen molar-refractivity contribution in [1.29, 1.82) is 0 Å². The number of aromatic nitrogens is 2. The molecule has 1 aromatic carbocycles. The zero-order chi connectivity index (χ0) is 18.6. The lowest BCUT2D eigenvalue weighted by molar-refractivity contribution is 0.0938. The number of benzene rings is 1. The second-order valence-corrected chi connectivity index (χ2v) is 6.23. The Hall–Kier alpha value is -3.59. The summed E-state index contributed by atoms with van der Waals surface area (Å²) in [5, 5.41) is 2.17. The highest BCUT2D eigenvalue weighted by atomic mass is 32.2. The van der Waals surface area contributed by atoms with Gasteiger partial charge in [-0.1, -0.05) is 0 Å². The summed E-state index contributed by atoms with van der Waals surface area (Å²) in [4.78, 5) is 32.7. The Morgan fingerprint density at radius 3 is 2.70 bits per heavy atom. The number of nitrogens with one attached hydrogen (secondary N) is 2. The summed E-state index contributed by atoms with van der Waals surface area (Å²) in [5.74, 6) is -0.0702. The molecule has 0 fully saturated rings. The lowest BCUT2D eigenvalue weighted by Gasteiger charge is -2.04. The van der Waals surface area contributed by atoms with E-state index >= 15 is 0 Å². The van der Waals surface area contributed by atoms with Gasteiger partial charge < -0.3 is 8.83 Å². The Morgan fingerprint density at radius 2 is 1.93 bits per heavy atom. The van der Waals surface area contributed by atoms with Crippen molar-refractivity contribution in [1.82, 2.24) is 20.0 Å². The number of carbonyl (C=O) groups is 2. The van der Waals surface area contributed by atoms with Gasteiger partial charge in [0, 0.05) is 22.9 Å². The topological polar surface area (TPSA) is 110 Å². The van der Waals surface area contributed by atoms with Crippen molar-refractivity contribution in [3.8, 4) is 11.5 Å². The minimum absolute atomic E-state index is 0.0582. The van der Waals surface area contributed by atoms with Crippen LogP contribution >= 0.6 is 11.9 Å². The number of fused-ring (bicyclic) bond motifs is 1. The van der Waals surface area contributed by atoms with Crippen LogP contribution in [0.4, 0.5) is 4.79 Å². The van der Waals surface area contributed by atoms with Gasteiger partial charge in [-0.05, 0) is 54.4 Å². The minimum Gasteiger partial charge on any atom is -0.459 e. The molecule has 3 amide bonds. The maximum atomic E-state index is 11.8. The Labute approximate surface area is 157 Å². The van der Waals surface area contributed by atoms with Gasteiger partial charge in [0.05, 0.1) is 6.26 Å². The summed E-state index contributed by atoms with van der Waals surface area (Å²) in [5.41, 5.74) is 2.11. The molecule has 0 aliphatic rings. The quantitative estimate of drug-likeness (QED) is 0.520. The van der Waals surface area contributed by atoms with Crippen LogP contribution in [0.2, 0.25) is 0 Å². The normalized spacial score (nSPS) is 10.7. The van der Waals surface area contributed by atoms with Gasteiger partial charge in [0.2, 0.25) is 5.89 Å². The highest BCUT2D eigenvalue weighted by Crippen LogP contribution is 2.26. The van der Waals surface area contributed by atoms with E-state index in [1.807, 2.05) is 12.1 Å². The second kappa shape index (κ2) is 7.34. The van der Waals surface area contributed by atoms with Gasteiger partial charge in [-0.2, -0.15) is 0 Å². The van der Waals surface area contributed by atoms with Gasteiger partial charge in [-0.15, -0.1) is 0 Å². The minimum atomic E-state index is -0.654. The predicted molar refractivity (Wildman–Crippen MR) is 97.8 cm³/mol. The fourth-order valence-electron chi connectivity index (χ4n) is 2.29. The summed E-state index contributed by atoms with van der Waals surface area (Å²) >= 11 is 1.05. The smallest absolute Gasteiger partial charge is 0.332 e. The SMILES string of the molecule is O=C(NSc1ccc2oc(-c3ccncc3)nc2c1)NC(=O)c1ccco1. The van der Waals surface area contributed by atoms with Crippen molar-refractivity contribution in [3.63, 3.8) is 0 Å². The molecule has 0 atom stereocenters. The summed E-state index contributed by atoms with van der Waals surface area (Å²) < 4.78 is 13.2. The van der Waals surface area contributed by atoms with E-state index in [-0.39, 0.29) is 5.76 Å². The Balaban J connectivity index is 1.42. The van der Waals surface area contributed by atoms with E-state index in [9.17, 15) is 9.59 Å². The van der Waals surface area contributed by atoms with E-state index in [1.165, 1.54) is 12.3 Å². The lowest BCUT2D eigenvalue weighted by atomic mass is 10.3. The molecule has 0 unspecified atom stereocenters. The van der Waals surface area contributed by atoms with E-state index in [0.717, 1.165) is 22.4 Å². The third-order valence-electron chi connectivity index (χ3n) is 3.52. The molecule has 8 nitrogen and oxygen atoms in total. The molecular formula is C18H12N4O4S.